The Hall–Kier alpha value is -2.63. The summed E-state index contributed by atoms with van der Waals surface area (Å²) in [7, 11) is 0. The summed E-state index contributed by atoms with van der Waals surface area (Å²) in [5, 5.41) is 15.9. The minimum atomic E-state index is -1.03. The molecule has 2 atom stereocenters. The van der Waals surface area contributed by atoms with Crippen LogP contribution in [0.25, 0.3) is 0 Å². The van der Waals surface area contributed by atoms with Gasteiger partial charge in [0, 0.05) is 6.20 Å². The number of benzene rings is 1. The van der Waals surface area contributed by atoms with Crippen LogP contribution in [0.2, 0.25) is 0 Å². The van der Waals surface area contributed by atoms with Crippen molar-refractivity contribution in [2.75, 3.05) is 0 Å². The molecule has 2 N–H and O–H groups in total. The van der Waals surface area contributed by atoms with Gasteiger partial charge in [-0.3, -0.25) is 4.79 Å². The maximum atomic E-state index is 12.4. The summed E-state index contributed by atoms with van der Waals surface area (Å²) in [4.78, 5) is 23.6. The van der Waals surface area contributed by atoms with Crippen molar-refractivity contribution in [3.8, 4) is 0 Å². The van der Waals surface area contributed by atoms with Crippen molar-refractivity contribution in [3.63, 3.8) is 0 Å². The zero-order valence-electron chi connectivity index (χ0n) is 14.2. The summed E-state index contributed by atoms with van der Waals surface area (Å²) in [5.74, 6) is -1.38. The van der Waals surface area contributed by atoms with Crippen LogP contribution >= 0.6 is 0 Å². The summed E-state index contributed by atoms with van der Waals surface area (Å²) in [6, 6.07) is 8.59. The predicted molar refractivity (Wildman–Crippen MR) is 90.9 cm³/mol. The quantitative estimate of drug-likeness (QED) is 0.818. The number of amides is 1. The molecule has 0 radical (unpaired) electrons. The van der Waals surface area contributed by atoms with E-state index in [1.54, 1.807) is 0 Å². The van der Waals surface area contributed by atoms with Crippen LogP contribution < -0.4 is 5.32 Å². The van der Waals surface area contributed by atoms with Crippen molar-refractivity contribution in [3.05, 3.63) is 53.3 Å². The molecule has 1 amide bonds. The van der Waals surface area contributed by atoms with Crippen molar-refractivity contribution < 1.29 is 14.7 Å². The molecule has 0 aliphatic heterocycles. The number of hydrogen-bond donors (Lipinski definition) is 2. The van der Waals surface area contributed by atoms with Gasteiger partial charge in [-0.1, -0.05) is 37.6 Å². The van der Waals surface area contributed by atoms with Gasteiger partial charge in [-0.15, -0.1) is 0 Å². The van der Waals surface area contributed by atoms with Crippen LogP contribution in [0.4, 0.5) is 0 Å². The molecule has 2 aromatic rings. The third kappa shape index (κ3) is 4.01. The molecule has 0 fully saturated rings. The largest absolute Gasteiger partial charge is 0.480 e. The van der Waals surface area contributed by atoms with Gasteiger partial charge in [0.15, 0.2) is 0 Å². The van der Waals surface area contributed by atoms with E-state index < -0.39 is 12.0 Å². The molecule has 6 heteroatoms. The first-order chi connectivity index (χ1) is 11.4. The van der Waals surface area contributed by atoms with Crippen LogP contribution in [-0.2, 0) is 11.2 Å². The van der Waals surface area contributed by atoms with Gasteiger partial charge in [0.2, 0.25) is 0 Å². The fourth-order valence-corrected chi connectivity index (χ4v) is 2.52. The van der Waals surface area contributed by atoms with Crippen LogP contribution in [-0.4, -0.2) is 26.8 Å². The van der Waals surface area contributed by atoms with Gasteiger partial charge >= 0.3 is 5.97 Å². The second-order valence-corrected chi connectivity index (χ2v) is 5.86. The Kier molecular flexibility index (Phi) is 5.73. The zero-order chi connectivity index (χ0) is 17.7. The average molecular weight is 329 g/mol. The molecule has 1 aromatic carbocycles. The average Bonchev–Trinajstić information content (AvgIpc) is 3.04. The van der Waals surface area contributed by atoms with Crippen LogP contribution in [0.3, 0.4) is 0 Å². The summed E-state index contributed by atoms with van der Waals surface area (Å²) < 4.78 is 1.22. The molecular formula is C18H23N3O3. The number of nitrogens with zero attached hydrogens (tertiary/aromatic N) is 2. The molecule has 0 saturated heterocycles. The molecule has 0 aliphatic carbocycles. The summed E-state index contributed by atoms with van der Waals surface area (Å²) in [6.45, 7) is 5.52. The van der Waals surface area contributed by atoms with E-state index in [1.807, 2.05) is 19.1 Å². The normalized spacial score (nSPS) is 13.3. The number of carbonyl (C=O) groups excluding carboxylic acids is 1. The molecule has 0 bridgehead atoms. The molecule has 1 heterocycles. The number of carboxylic acids is 1. The highest BCUT2D eigenvalue weighted by Crippen LogP contribution is 2.16. The number of hydrogen-bond acceptors (Lipinski definition) is 3. The molecule has 0 spiro atoms. The number of aliphatic carboxylic acids is 1. The summed E-state index contributed by atoms with van der Waals surface area (Å²) >= 11 is 0. The van der Waals surface area contributed by atoms with Crippen LogP contribution in [0.5, 0.6) is 0 Å². The highest BCUT2D eigenvalue weighted by Gasteiger charge is 2.22. The van der Waals surface area contributed by atoms with Gasteiger partial charge in [0.25, 0.3) is 5.91 Å². The van der Waals surface area contributed by atoms with E-state index >= 15 is 0 Å². The third-order valence-corrected chi connectivity index (χ3v) is 3.99. The molecule has 0 saturated carbocycles. The maximum Gasteiger partial charge on any atom is 0.328 e. The molecular weight excluding hydrogens is 306 g/mol. The lowest BCUT2D eigenvalue weighted by molar-refractivity contribution is -0.140. The Morgan fingerprint density at radius 3 is 2.46 bits per heavy atom. The minimum Gasteiger partial charge on any atom is -0.480 e. The maximum absolute atomic E-state index is 12.4. The number of nitrogens with one attached hydrogen (secondary N) is 1. The lowest BCUT2D eigenvalue weighted by Crippen LogP contribution is -2.30. The van der Waals surface area contributed by atoms with Crippen molar-refractivity contribution in [2.45, 2.75) is 45.7 Å². The number of carboxylic acid groups (broad SMARTS) is 1. The molecule has 24 heavy (non-hydrogen) atoms. The number of aryl methyl sites for hydroxylation is 1. The fourth-order valence-electron chi connectivity index (χ4n) is 2.52. The van der Waals surface area contributed by atoms with Crippen molar-refractivity contribution >= 4 is 11.9 Å². The molecule has 1 aromatic heterocycles. The smallest absolute Gasteiger partial charge is 0.328 e. The molecule has 0 aliphatic rings. The van der Waals surface area contributed by atoms with Crippen LogP contribution in [0, 0.1) is 0 Å². The van der Waals surface area contributed by atoms with Gasteiger partial charge < -0.3 is 10.4 Å². The van der Waals surface area contributed by atoms with Gasteiger partial charge in [-0.05, 0) is 37.5 Å². The summed E-state index contributed by atoms with van der Waals surface area (Å²) in [6.07, 6.45) is 3.56. The lowest BCUT2D eigenvalue weighted by atomic mass is 10.0. The third-order valence-electron chi connectivity index (χ3n) is 3.99. The second kappa shape index (κ2) is 7.77. The van der Waals surface area contributed by atoms with Crippen LogP contribution in [0.1, 0.15) is 60.9 Å². The number of carbonyl (C=O) groups is 2. The molecule has 6 nitrogen and oxygen atoms in total. The monoisotopic (exact) mass is 329 g/mol. The molecule has 128 valence electrons. The molecule has 2 unspecified atom stereocenters. The highest BCUT2D eigenvalue weighted by atomic mass is 16.4. The van der Waals surface area contributed by atoms with Gasteiger partial charge in [0.05, 0.1) is 6.04 Å². The Morgan fingerprint density at radius 2 is 1.88 bits per heavy atom. The van der Waals surface area contributed by atoms with Crippen LogP contribution in [0.15, 0.2) is 36.5 Å². The topological polar surface area (TPSA) is 84.2 Å². The van der Waals surface area contributed by atoms with E-state index in [4.69, 9.17) is 5.11 Å². The predicted octanol–water partition coefficient (Wildman–Crippen LogP) is 2.97. The van der Waals surface area contributed by atoms with Crippen molar-refractivity contribution in [1.82, 2.24) is 15.1 Å². The first-order valence-electron chi connectivity index (χ1n) is 8.10. The van der Waals surface area contributed by atoms with Gasteiger partial charge in [-0.2, -0.15) is 5.10 Å². The fraction of sp³-hybridized carbons (Fsp3) is 0.389. The number of aromatic nitrogens is 2. The Bertz CT molecular complexity index is 707. The Morgan fingerprint density at radius 1 is 1.21 bits per heavy atom. The Labute approximate surface area is 141 Å². The standard InChI is InChI=1S/C18H23N3O3/c1-4-5-14-6-8-15(9-7-14)12(2)20-17(22)16-10-11-19-21(16)13(3)18(23)24/h6-13H,4-5H2,1-3H3,(H,20,22)(H,23,24). The lowest BCUT2D eigenvalue weighted by Gasteiger charge is -2.16. The van der Waals surface area contributed by atoms with E-state index in [0.29, 0.717) is 0 Å². The first-order valence-corrected chi connectivity index (χ1v) is 8.10. The molecule has 2 rings (SSSR count). The van der Waals surface area contributed by atoms with Crippen molar-refractivity contribution in [1.29, 1.82) is 0 Å². The van der Waals surface area contributed by atoms with Crippen molar-refractivity contribution in [2.24, 2.45) is 0 Å². The summed E-state index contributed by atoms with van der Waals surface area (Å²) in [5.41, 5.74) is 2.51. The highest BCUT2D eigenvalue weighted by molar-refractivity contribution is 5.93. The SMILES string of the molecule is CCCc1ccc(C(C)NC(=O)c2ccnn2C(C)C(=O)O)cc1. The Balaban J connectivity index is 2.09. The van der Waals surface area contributed by atoms with Gasteiger partial charge in [0.1, 0.15) is 11.7 Å². The minimum absolute atomic E-state index is 0.184. The van der Waals surface area contributed by atoms with E-state index in [0.717, 1.165) is 18.4 Å². The second-order valence-electron chi connectivity index (χ2n) is 5.86. The van der Waals surface area contributed by atoms with E-state index in [1.165, 1.54) is 29.4 Å². The first kappa shape index (κ1) is 17.7. The van der Waals surface area contributed by atoms with E-state index in [-0.39, 0.29) is 17.6 Å². The van der Waals surface area contributed by atoms with E-state index in [9.17, 15) is 9.59 Å². The zero-order valence-corrected chi connectivity index (χ0v) is 14.2. The van der Waals surface area contributed by atoms with Gasteiger partial charge in [-0.25, -0.2) is 9.48 Å². The number of rotatable bonds is 7. The van der Waals surface area contributed by atoms with E-state index in [2.05, 4.69) is 29.5 Å².